The van der Waals surface area contributed by atoms with Crippen molar-refractivity contribution in [3.63, 3.8) is 0 Å². The summed E-state index contributed by atoms with van der Waals surface area (Å²) >= 11 is 1.18. The smallest absolute Gasteiger partial charge is 0.387 e. The molecule has 35 heavy (non-hydrogen) atoms. The van der Waals surface area contributed by atoms with Crippen LogP contribution in [0.2, 0.25) is 0 Å². The minimum Gasteiger partial charge on any atom is -0.432 e. The lowest BCUT2D eigenvalue weighted by molar-refractivity contribution is -0.0503. The van der Waals surface area contributed by atoms with Crippen LogP contribution in [0.1, 0.15) is 24.1 Å². The van der Waals surface area contributed by atoms with Gasteiger partial charge in [0, 0.05) is 23.7 Å². The summed E-state index contributed by atoms with van der Waals surface area (Å²) in [5.41, 5.74) is 0.453. The van der Waals surface area contributed by atoms with E-state index in [1.54, 1.807) is 18.5 Å². The van der Waals surface area contributed by atoms with Crippen molar-refractivity contribution in [2.45, 2.75) is 38.0 Å². The second-order valence-corrected chi connectivity index (χ2v) is 9.07. The molecular weight excluding hydrogens is 476 g/mol. The molecule has 0 aliphatic heterocycles. The molecule has 0 unspecified atom stereocenters. The fraction of sp³-hybridized carbons (Fsp3) is 0.261. The average Bonchev–Trinajstić information content (AvgIpc) is 3.48. The predicted molar refractivity (Wildman–Crippen MR) is 127 cm³/mol. The summed E-state index contributed by atoms with van der Waals surface area (Å²) in [5.74, 6) is 0.964. The van der Waals surface area contributed by atoms with Gasteiger partial charge >= 0.3 is 6.61 Å². The Morgan fingerprint density at radius 1 is 1.11 bits per heavy atom. The third kappa shape index (κ3) is 5.04. The Morgan fingerprint density at radius 2 is 1.89 bits per heavy atom. The first-order chi connectivity index (χ1) is 17.0. The molecule has 0 spiro atoms. The van der Waals surface area contributed by atoms with Gasteiger partial charge in [0.05, 0.1) is 24.3 Å². The molecule has 0 bridgehead atoms. The molecular formula is C23H19F2N7O2S. The van der Waals surface area contributed by atoms with E-state index in [0.717, 1.165) is 24.6 Å². The number of nitrogens with one attached hydrogen (secondary N) is 2. The molecule has 12 heteroatoms. The summed E-state index contributed by atoms with van der Waals surface area (Å²) in [6.07, 6.45) is 8.33. The van der Waals surface area contributed by atoms with Gasteiger partial charge in [-0.2, -0.15) is 14.0 Å². The van der Waals surface area contributed by atoms with Crippen LogP contribution in [-0.2, 0) is 0 Å². The molecule has 0 amide bonds. The molecule has 1 aliphatic rings. The van der Waals surface area contributed by atoms with E-state index in [4.69, 9.17) is 5.26 Å². The first-order valence-electron chi connectivity index (χ1n) is 10.8. The van der Waals surface area contributed by atoms with Gasteiger partial charge in [-0.3, -0.25) is 9.36 Å². The Kier molecular flexibility index (Phi) is 6.24. The first kappa shape index (κ1) is 22.7. The summed E-state index contributed by atoms with van der Waals surface area (Å²) in [5, 5.41) is 16.5. The number of rotatable bonds is 7. The fourth-order valence-corrected chi connectivity index (χ4v) is 4.97. The Hall–Kier alpha value is -4.11. The normalized spacial score (nSPS) is 17.4. The molecule has 5 rings (SSSR count). The van der Waals surface area contributed by atoms with Crippen molar-refractivity contribution in [1.29, 1.82) is 5.26 Å². The Morgan fingerprint density at radius 3 is 2.57 bits per heavy atom. The van der Waals surface area contributed by atoms with Crippen molar-refractivity contribution in [3.8, 4) is 17.5 Å². The highest BCUT2D eigenvalue weighted by atomic mass is 32.1. The molecule has 1 fully saturated rings. The van der Waals surface area contributed by atoms with Gasteiger partial charge < -0.3 is 15.4 Å². The van der Waals surface area contributed by atoms with Crippen LogP contribution in [0.15, 0.2) is 53.8 Å². The highest BCUT2D eigenvalue weighted by Gasteiger charge is 2.25. The number of aromatic nitrogens is 4. The van der Waals surface area contributed by atoms with Crippen molar-refractivity contribution in [2.24, 2.45) is 0 Å². The van der Waals surface area contributed by atoms with Gasteiger partial charge in [-0.1, -0.05) is 0 Å². The molecule has 1 saturated carbocycles. The van der Waals surface area contributed by atoms with Crippen LogP contribution >= 0.6 is 11.3 Å². The molecule has 9 nitrogen and oxygen atoms in total. The van der Waals surface area contributed by atoms with E-state index in [2.05, 4.69) is 36.4 Å². The lowest BCUT2D eigenvalue weighted by Gasteiger charge is -2.15. The maximum absolute atomic E-state index is 12.8. The number of fused-ring (bicyclic) bond motifs is 1. The Labute approximate surface area is 202 Å². The molecule has 0 aromatic carbocycles. The molecule has 4 aromatic heterocycles. The minimum atomic E-state index is -2.91. The summed E-state index contributed by atoms with van der Waals surface area (Å²) in [7, 11) is 0. The number of alkyl halides is 2. The number of nitriles is 1. The van der Waals surface area contributed by atoms with Crippen LogP contribution in [0.25, 0.3) is 15.8 Å². The zero-order chi connectivity index (χ0) is 24.4. The largest absolute Gasteiger partial charge is 0.432 e. The van der Waals surface area contributed by atoms with E-state index in [-0.39, 0.29) is 23.4 Å². The molecule has 178 valence electrons. The highest BCUT2D eigenvalue weighted by Crippen LogP contribution is 2.26. The minimum absolute atomic E-state index is 0.0875. The van der Waals surface area contributed by atoms with Gasteiger partial charge in [0.1, 0.15) is 21.5 Å². The lowest BCUT2D eigenvalue weighted by Crippen LogP contribution is -2.22. The lowest BCUT2D eigenvalue weighted by atomic mass is 10.2. The number of ether oxygens (including phenoxy) is 1. The molecule has 0 radical (unpaired) electrons. The van der Waals surface area contributed by atoms with Crippen molar-refractivity contribution in [2.75, 3.05) is 10.6 Å². The zero-order valence-corrected chi connectivity index (χ0v) is 19.0. The van der Waals surface area contributed by atoms with Crippen molar-refractivity contribution >= 4 is 33.2 Å². The van der Waals surface area contributed by atoms with Crippen LogP contribution in [0, 0.1) is 11.3 Å². The maximum atomic E-state index is 12.8. The summed E-state index contributed by atoms with van der Waals surface area (Å²) in [6, 6.07) is 9.56. The summed E-state index contributed by atoms with van der Waals surface area (Å²) in [6.45, 7) is -2.91. The van der Waals surface area contributed by atoms with Crippen LogP contribution in [-0.4, -0.2) is 38.2 Å². The maximum Gasteiger partial charge on any atom is 0.387 e. The van der Waals surface area contributed by atoms with Crippen LogP contribution < -0.4 is 20.9 Å². The second-order valence-electron chi connectivity index (χ2n) is 8.02. The van der Waals surface area contributed by atoms with Gasteiger partial charge in [0.15, 0.2) is 5.75 Å². The fourth-order valence-electron chi connectivity index (χ4n) is 4.09. The standard InChI is InChI=1S/C23H19F2N7O2S/c24-22(25)34-17-11-28-23(29-12-17)31-15-2-1-14(8-15)30-19-4-3-16(10-27-19)32-6-5-13-7-18(9-26)35-20(13)21(32)33/h3-7,10-12,14-15,22H,1-2,8H2,(H,27,30)(H,28,29,31)/t14-,15-/m0/s1. The molecule has 2 atom stereocenters. The quantitative estimate of drug-likeness (QED) is 0.393. The van der Waals surface area contributed by atoms with Crippen molar-refractivity contribution < 1.29 is 13.5 Å². The summed E-state index contributed by atoms with van der Waals surface area (Å²) < 4.78 is 30.8. The van der Waals surface area contributed by atoms with Crippen LogP contribution in [0.5, 0.6) is 5.75 Å². The molecule has 0 saturated heterocycles. The van der Waals surface area contributed by atoms with Crippen LogP contribution in [0.4, 0.5) is 20.5 Å². The number of halogens is 2. The SMILES string of the molecule is N#Cc1cc2ccn(-c3ccc(N[C@H]4CC[C@H](Nc5ncc(OC(F)F)cn5)C4)nc3)c(=O)c2s1. The summed E-state index contributed by atoms with van der Waals surface area (Å²) in [4.78, 5) is 25.8. The van der Waals surface area contributed by atoms with Gasteiger partial charge in [0.25, 0.3) is 5.56 Å². The molecule has 1 aliphatic carbocycles. The highest BCUT2D eigenvalue weighted by molar-refractivity contribution is 7.19. The van der Waals surface area contributed by atoms with Gasteiger partial charge in [0.2, 0.25) is 5.95 Å². The second kappa shape index (κ2) is 9.63. The van der Waals surface area contributed by atoms with E-state index in [1.165, 1.54) is 28.3 Å². The Bertz CT molecular complexity index is 1430. The average molecular weight is 496 g/mol. The third-order valence-corrected chi connectivity index (χ3v) is 6.73. The number of hydrogen-bond acceptors (Lipinski definition) is 9. The van der Waals surface area contributed by atoms with E-state index in [1.807, 2.05) is 18.2 Å². The monoisotopic (exact) mass is 495 g/mol. The number of hydrogen-bond donors (Lipinski definition) is 2. The number of thiophene rings is 1. The van der Waals surface area contributed by atoms with Gasteiger partial charge in [-0.05, 0) is 43.5 Å². The van der Waals surface area contributed by atoms with Crippen LogP contribution in [0.3, 0.4) is 0 Å². The third-order valence-electron chi connectivity index (χ3n) is 5.68. The zero-order valence-electron chi connectivity index (χ0n) is 18.2. The first-order valence-corrected chi connectivity index (χ1v) is 11.6. The molecule has 2 N–H and O–H groups in total. The van der Waals surface area contributed by atoms with Gasteiger partial charge in [-0.25, -0.2) is 15.0 Å². The Balaban J connectivity index is 1.20. The topological polar surface area (TPSA) is 118 Å². The number of nitrogens with zero attached hydrogens (tertiary/aromatic N) is 5. The van der Waals surface area contributed by atoms with E-state index < -0.39 is 6.61 Å². The van der Waals surface area contributed by atoms with Crippen molar-refractivity contribution in [3.05, 3.63) is 64.3 Å². The van der Waals surface area contributed by atoms with Gasteiger partial charge in [-0.15, -0.1) is 11.3 Å². The van der Waals surface area contributed by atoms with E-state index in [9.17, 15) is 13.6 Å². The molecule has 4 aromatic rings. The molecule has 4 heterocycles. The number of pyridine rings is 2. The van der Waals surface area contributed by atoms with E-state index >= 15 is 0 Å². The number of anilines is 2. The van der Waals surface area contributed by atoms with E-state index in [0.29, 0.717) is 27.0 Å². The van der Waals surface area contributed by atoms with Crippen molar-refractivity contribution in [1.82, 2.24) is 19.5 Å². The predicted octanol–water partition coefficient (Wildman–Crippen LogP) is 4.16.